The number of hydrogen-bond acceptors (Lipinski definition) is 4. The Morgan fingerprint density at radius 1 is 1.56 bits per heavy atom. The first-order valence-corrected chi connectivity index (χ1v) is 5.62. The van der Waals surface area contributed by atoms with E-state index in [1.807, 2.05) is 4.98 Å². The molecular weight excluding hydrogens is 310 g/mol. The topological polar surface area (TPSA) is 121 Å². The van der Waals surface area contributed by atoms with E-state index in [0.717, 1.165) is 10.8 Å². The lowest BCUT2D eigenvalue weighted by Crippen LogP contribution is -2.42. The van der Waals surface area contributed by atoms with Crippen molar-refractivity contribution in [1.29, 1.82) is 0 Å². The fourth-order valence-electron chi connectivity index (χ4n) is 1.10. The van der Waals surface area contributed by atoms with Crippen molar-refractivity contribution in [2.45, 2.75) is 19.5 Å². The molecule has 0 aromatic carbocycles. The second-order valence-electron chi connectivity index (χ2n) is 3.49. The number of nitrogens with one attached hydrogen (secondary N) is 2. The van der Waals surface area contributed by atoms with E-state index in [9.17, 15) is 19.2 Å². The molecule has 0 saturated carbocycles. The Morgan fingerprint density at radius 3 is 2.72 bits per heavy atom. The molecule has 0 aliphatic carbocycles. The SMILES string of the molecule is CC(NC(=O)Cn1cc(Br)c(=O)[nH]c1=O)C(=O)O. The van der Waals surface area contributed by atoms with Gasteiger partial charge in [0, 0.05) is 6.20 Å². The smallest absolute Gasteiger partial charge is 0.328 e. The summed E-state index contributed by atoms with van der Waals surface area (Å²) in [6.07, 6.45) is 1.16. The number of rotatable bonds is 4. The average Bonchev–Trinajstić information content (AvgIpc) is 2.25. The number of H-pyrrole nitrogens is 1. The fraction of sp³-hybridized carbons (Fsp3) is 0.333. The van der Waals surface area contributed by atoms with Gasteiger partial charge < -0.3 is 10.4 Å². The maximum Gasteiger partial charge on any atom is 0.328 e. The summed E-state index contributed by atoms with van der Waals surface area (Å²) in [6.45, 7) is 0.914. The van der Waals surface area contributed by atoms with E-state index in [1.165, 1.54) is 6.92 Å². The van der Waals surface area contributed by atoms with Gasteiger partial charge >= 0.3 is 11.7 Å². The Balaban J connectivity index is 2.83. The molecular formula is C9H10BrN3O5. The van der Waals surface area contributed by atoms with E-state index in [2.05, 4.69) is 21.2 Å². The molecule has 0 aliphatic heterocycles. The van der Waals surface area contributed by atoms with E-state index >= 15 is 0 Å². The maximum absolute atomic E-state index is 11.4. The summed E-state index contributed by atoms with van der Waals surface area (Å²) in [5, 5.41) is 10.8. The Kier molecular flexibility index (Phi) is 4.43. The third-order valence-corrected chi connectivity index (χ3v) is 2.59. The van der Waals surface area contributed by atoms with Gasteiger partial charge in [0.2, 0.25) is 5.91 Å². The van der Waals surface area contributed by atoms with Gasteiger partial charge in [0.1, 0.15) is 12.6 Å². The van der Waals surface area contributed by atoms with Gasteiger partial charge in [-0.3, -0.25) is 23.9 Å². The molecule has 1 heterocycles. The predicted octanol–water partition coefficient (Wildman–Crippen LogP) is -1.11. The summed E-state index contributed by atoms with van der Waals surface area (Å²) in [5.74, 6) is -1.83. The van der Waals surface area contributed by atoms with Gasteiger partial charge in [-0.05, 0) is 22.9 Å². The molecule has 1 aromatic rings. The van der Waals surface area contributed by atoms with Crippen molar-refractivity contribution in [3.05, 3.63) is 31.5 Å². The molecule has 1 unspecified atom stereocenters. The van der Waals surface area contributed by atoms with Gasteiger partial charge in [0.15, 0.2) is 0 Å². The first-order chi connectivity index (χ1) is 8.31. The molecule has 0 spiro atoms. The molecule has 9 heteroatoms. The minimum atomic E-state index is -1.18. The minimum absolute atomic E-state index is 0.0983. The molecule has 1 atom stereocenters. The summed E-state index contributed by atoms with van der Waals surface area (Å²) >= 11 is 2.91. The van der Waals surface area contributed by atoms with Crippen LogP contribution in [0.25, 0.3) is 0 Å². The number of carboxylic acids is 1. The van der Waals surface area contributed by atoms with Crippen molar-refractivity contribution >= 4 is 27.8 Å². The Labute approximate surface area is 109 Å². The molecule has 8 nitrogen and oxygen atoms in total. The van der Waals surface area contributed by atoms with Crippen molar-refractivity contribution in [2.24, 2.45) is 0 Å². The number of carbonyl (C=O) groups is 2. The quantitative estimate of drug-likeness (QED) is 0.649. The zero-order valence-electron chi connectivity index (χ0n) is 9.27. The van der Waals surface area contributed by atoms with Crippen LogP contribution < -0.4 is 16.6 Å². The first-order valence-electron chi connectivity index (χ1n) is 4.82. The van der Waals surface area contributed by atoms with Crippen molar-refractivity contribution < 1.29 is 14.7 Å². The summed E-state index contributed by atoms with van der Waals surface area (Å²) in [7, 11) is 0. The lowest BCUT2D eigenvalue weighted by atomic mass is 10.3. The van der Waals surface area contributed by atoms with Crippen molar-refractivity contribution in [3.8, 4) is 0 Å². The van der Waals surface area contributed by atoms with E-state index in [1.54, 1.807) is 0 Å². The average molecular weight is 320 g/mol. The third-order valence-electron chi connectivity index (χ3n) is 2.03. The van der Waals surface area contributed by atoms with E-state index in [-0.39, 0.29) is 11.0 Å². The Morgan fingerprint density at radius 2 is 2.17 bits per heavy atom. The zero-order valence-corrected chi connectivity index (χ0v) is 10.9. The van der Waals surface area contributed by atoms with Crippen LogP contribution in [0, 0.1) is 0 Å². The van der Waals surface area contributed by atoms with Gasteiger partial charge in [0.05, 0.1) is 4.47 Å². The second kappa shape index (κ2) is 5.63. The highest BCUT2D eigenvalue weighted by molar-refractivity contribution is 9.10. The lowest BCUT2D eigenvalue weighted by Gasteiger charge is -2.10. The molecule has 0 saturated heterocycles. The second-order valence-corrected chi connectivity index (χ2v) is 4.35. The number of aromatic nitrogens is 2. The summed E-state index contributed by atoms with van der Waals surface area (Å²) in [4.78, 5) is 46.3. The number of aliphatic carboxylic acids is 1. The van der Waals surface area contributed by atoms with Crippen LogP contribution in [0.5, 0.6) is 0 Å². The number of halogens is 1. The Bertz CT molecular complexity index is 591. The lowest BCUT2D eigenvalue weighted by molar-refractivity contribution is -0.141. The van der Waals surface area contributed by atoms with Crippen LogP contribution in [-0.4, -0.2) is 32.6 Å². The highest BCUT2D eigenvalue weighted by Crippen LogP contribution is 1.97. The third kappa shape index (κ3) is 3.55. The van der Waals surface area contributed by atoms with Gasteiger partial charge in [-0.2, -0.15) is 0 Å². The van der Waals surface area contributed by atoms with Crippen LogP contribution in [0.15, 0.2) is 20.3 Å². The number of carboxylic acid groups (broad SMARTS) is 1. The normalized spacial score (nSPS) is 11.9. The van der Waals surface area contributed by atoms with Crippen LogP contribution in [0.4, 0.5) is 0 Å². The zero-order chi connectivity index (χ0) is 13.9. The number of amides is 1. The molecule has 98 valence electrons. The molecule has 3 N–H and O–H groups in total. The van der Waals surface area contributed by atoms with Crippen LogP contribution in [0.2, 0.25) is 0 Å². The van der Waals surface area contributed by atoms with E-state index < -0.39 is 29.2 Å². The molecule has 1 rings (SSSR count). The monoisotopic (exact) mass is 319 g/mol. The summed E-state index contributed by atoms with van der Waals surface area (Å²) < 4.78 is 1.05. The number of aromatic amines is 1. The summed E-state index contributed by atoms with van der Waals surface area (Å²) in [5.41, 5.74) is -1.35. The van der Waals surface area contributed by atoms with Gasteiger partial charge in [-0.25, -0.2) is 4.79 Å². The van der Waals surface area contributed by atoms with Crippen LogP contribution in [0.1, 0.15) is 6.92 Å². The van der Waals surface area contributed by atoms with Crippen LogP contribution >= 0.6 is 15.9 Å². The standard InChI is InChI=1S/C9H10BrN3O5/c1-4(8(16)17)11-6(14)3-13-2-5(10)7(15)12-9(13)18/h2,4H,3H2,1H3,(H,11,14)(H,16,17)(H,12,15,18). The van der Waals surface area contributed by atoms with Crippen LogP contribution in [0.3, 0.4) is 0 Å². The molecule has 1 aromatic heterocycles. The van der Waals surface area contributed by atoms with Crippen LogP contribution in [-0.2, 0) is 16.1 Å². The molecule has 18 heavy (non-hydrogen) atoms. The van der Waals surface area contributed by atoms with Gasteiger partial charge in [-0.1, -0.05) is 0 Å². The molecule has 1 amide bonds. The number of hydrogen-bond donors (Lipinski definition) is 3. The fourth-order valence-corrected chi connectivity index (χ4v) is 1.45. The largest absolute Gasteiger partial charge is 0.480 e. The van der Waals surface area contributed by atoms with Crippen molar-refractivity contribution in [3.63, 3.8) is 0 Å². The predicted molar refractivity (Wildman–Crippen MR) is 64.3 cm³/mol. The maximum atomic E-state index is 11.4. The van der Waals surface area contributed by atoms with E-state index in [0.29, 0.717) is 0 Å². The molecule has 0 aliphatic rings. The minimum Gasteiger partial charge on any atom is -0.480 e. The van der Waals surface area contributed by atoms with Crippen molar-refractivity contribution in [1.82, 2.24) is 14.9 Å². The molecule has 0 fully saturated rings. The Hall–Kier alpha value is -1.90. The highest BCUT2D eigenvalue weighted by atomic mass is 79.9. The molecule has 0 radical (unpaired) electrons. The van der Waals surface area contributed by atoms with E-state index in [4.69, 9.17) is 5.11 Å². The first kappa shape index (κ1) is 14.2. The van der Waals surface area contributed by atoms with Crippen molar-refractivity contribution in [2.75, 3.05) is 0 Å². The van der Waals surface area contributed by atoms with Gasteiger partial charge in [0.25, 0.3) is 5.56 Å². The number of carbonyl (C=O) groups excluding carboxylic acids is 1. The number of nitrogens with zero attached hydrogens (tertiary/aromatic N) is 1. The molecule has 0 bridgehead atoms. The van der Waals surface area contributed by atoms with Gasteiger partial charge in [-0.15, -0.1) is 0 Å². The summed E-state index contributed by atoms with van der Waals surface area (Å²) in [6, 6.07) is -1.06. The highest BCUT2D eigenvalue weighted by Gasteiger charge is 2.14.